The Balaban J connectivity index is 2.22. The lowest BCUT2D eigenvalue weighted by molar-refractivity contribution is 0.177. The zero-order valence-corrected chi connectivity index (χ0v) is 11.2. The van der Waals surface area contributed by atoms with Crippen molar-refractivity contribution in [3.8, 4) is 0 Å². The average Bonchev–Trinajstić information content (AvgIpc) is 2.37. The molecule has 0 amide bonds. The van der Waals surface area contributed by atoms with Gasteiger partial charge in [-0.25, -0.2) is 8.78 Å². The number of aliphatic hydroxyl groups excluding tert-OH is 1. The molecule has 0 spiro atoms. The summed E-state index contributed by atoms with van der Waals surface area (Å²) >= 11 is 11.4. The summed E-state index contributed by atoms with van der Waals surface area (Å²) in [4.78, 5) is 0. The second-order valence-electron chi connectivity index (χ2n) is 4.13. The first-order chi connectivity index (χ1) is 8.97. The van der Waals surface area contributed by atoms with E-state index in [1.807, 2.05) is 0 Å². The topological polar surface area (TPSA) is 20.2 Å². The molecule has 0 fully saturated rings. The van der Waals surface area contributed by atoms with E-state index in [-0.39, 0.29) is 11.4 Å². The third-order valence-electron chi connectivity index (χ3n) is 2.75. The van der Waals surface area contributed by atoms with E-state index in [0.29, 0.717) is 16.1 Å². The fraction of sp³-hybridized carbons (Fsp3) is 0.143. The number of rotatable bonds is 3. The summed E-state index contributed by atoms with van der Waals surface area (Å²) in [5.74, 6) is -1.01. The molecule has 0 saturated carbocycles. The molecule has 1 nitrogen and oxygen atoms in total. The highest BCUT2D eigenvalue weighted by atomic mass is 35.5. The van der Waals surface area contributed by atoms with Gasteiger partial charge < -0.3 is 5.11 Å². The Morgan fingerprint density at radius 1 is 1.00 bits per heavy atom. The van der Waals surface area contributed by atoms with Crippen LogP contribution < -0.4 is 0 Å². The summed E-state index contributed by atoms with van der Waals surface area (Å²) in [7, 11) is 0. The van der Waals surface area contributed by atoms with Crippen LogP contribution in [0.25, 0.3) is 0 Å². The molecule has 2 aromatic rings. The van der Waals surface area contributed by atoms with Crippen LogP contribution in [0.4, 0.5) is 8.78 Å². The molecule has 1 unspecified atom stereocenters. The zero-order chi connectivity index (χ0) is 14.0. The molecular formula is C14H10Cl2F2O. The fourth-order valence-corrected chi connectivity index (χ4v) is 2.13. The minimum atomic E-state index is -0.980. The van der Waals surface area contributed by atoms with Crippen LogP contribution in [0.3, 0.4) is 0 Å². The lowest BCUT2D eigenvalue weighted by Crippen LogP contribution is -2.04. The van der Waals surface area contributed by atoms with Crippen molar-refractivity contribution in [1.29, 1.82) is 0 Å². The summed E-state index contributed by atoms with van der Waals surface area (Å²) < 4.78 is 26.5. The Labute approximate surface area is 119 Å². The largest absolute Gasteiger partial charge is 0.388 e. The molecule has 0 aromatic heterocycles. The van der Waals surface area contributed by atoms with E-state index < -0.39 is 17.7 Å². The van der Waals surface area contributed by atoms with E-state index in [2.05, 4.69) is 0 Å². The van der Waals surface area contributed by atoms with Crippen LogP contribution in [0.1, 0.15) is 17.2 Å². The number of halogens is 4. The van der Waals surface area contributed by atoms with Crippen molar-refractivity contribution in [2.45, 2.75) is 12.5 Å². The van der Waals surface area contributed by atoms with E-state index in [9.17, 15) is 13.9 Å². The molecule has 0 saturated heterocycles. The van der Waals surface area contributed by atoms with Crippen LogP contribution in [0, 0.1) is 11.6 Å². The van der Waals surface area contributed by atoms with E-state index in [0.717, 1.165) is 6.07 Å². The Kier molecular flexibility index (Phi) is 4.40. The van der Waals surface area contributed by atoms with Gasteiger partial charge in [0.2, 0.25) is 0 Å². The van der Waals surface area contributed by atoms with Gasteiger partial charge >= 0.3 is 0 Å². The highest BCUT2D eigenvalue weighted by Gasteiger charge is 2.13. The molecule has 0 bridgehead atoms. The Bertz CT molecular complexity index is 602. The van der Waals surface area contributed by atoms with Crippen molar-refractivity contribution in [3.63, 3.8) is 0 Å². The van der Waals surface area contributed by atoms with Crippen molar-refractivity contribution in [1.82, 2.24) is 0 Å². The van der Waals surface area contributed by atoms with Crippen LogP contribution in [-0.2, 0) is 6.42 Å². The summed E-state index contributed by atoms with van der Waals surface area (Å²) in [6.45, 7) is 0. The lowest BCUT2D eigenvalue weighted by Gasteiger charge is -2.12. The molecule has 1 atom stereocenters. The molecule has 0 radical (unpaired) electrons. The highest BCUT2D eigenvalue weighted by Crippen LogP contribution is 2.25. The molecule has 19 heavy (non-hydrogen) atoms. The molecule has 0 aliphatic rings. The van der Waals surface area contributed by atoms with Crippen molar-refractivity contribution in [3.05, 3.63) is 69.2 Å². The third-order valence-corrected chi connectivity index (χ3v) is 3.27. The lowest BCUT2D eigenvalue weighted by atomic mass is 10.0. The maximum absolute atomic E-state index is 13.5. The van der Waals surface area contributed by atoms with Crippen LogP contribution in [-0.4, -0.2) is 5.11 Å². The number of hydrogen-bond acceptors (Lipinski definition) is 1. The van der Waals surface area contributed by atoms with E-state index in [1.54, 1.807) is 0 Å². The first kappa shape index (κ1) is 14.3. The van der Waals surface area contributed by atoms with Gasteiger partial charge in [0.1, 0.15) is 11.6 Å². The molecular weight excluding hydrogens is 293 g/mol. The first-order valence-corrected chi connectivity index (χ1v) is 6.30. The van der Waals surface area contributed by atoms with Crippen molar-refractivity contribution < 1.29 is 13.9 Å². The number of hydrogen-bond donors (Lipinski definition) is 1. The van der Waals surface area contributed by atoms with Gasteiger partial charge in [0.05, 0.1) is 11.1 Å². The van der Waals surface area contributed by atoms with Gasteiger partial charge in [0.15, 0.2) is 0 Å². The van der Waals surface area contributed by atoms with Crippen LogP contribution in [0.15, 0.2) is 36.4 Å². The van der Waals surface area contributed by atoms with Gasteiger partial charge in [-0.05, 0) is 41.5 Å². The van der Waals surface area contributed by atoms with Crippen molar-refractivity contribution in [2.24, 2.45) is 0 Å². The predicted octanol–water partition coefficient (Wildman–Crippen LogP) is 4.55. The average molecular weight is 303 g/mol. The van der Waals surface area contributed by atoms with Gasteiger partial charge in [-0.1, -0.05) is 29.3 Å². The molecule has 2 rings (SSSR count). The van der Waals surface area contributed by atoms with Gasteiger partial charge in [-0.2, -0.15) is 0 Å². The summed E-state index contributed by atoms with van der Waals surface area (Å²) in [6, 6.07) is 8.02. The maximum Gasteiger partial charge on any atom is 0.141 e. The van der Waals surface area contributed by atoms with Crippen LogP contribution in [0.5, 0.6) is 0 Å². The quantitative estimate of drug-likeness (QED) is 0.882. The van der Waals surface area contributed by atoms with E-state index in [4.69, 9.17) is 23.2 Å². The van der Waals surface area contributed by atoms with Crippen molar-refractivity contribution in [2.75, 3.05) is 0 Å². The second kappa shape index (κ2) is 5.87. The predicted molar refractivity (Wildman–Crippen MR) is 71.5 cm³/mol. The number of aliphatic hydroxyl groups is 1. The maximum atomic E-state index is 13.5. The van der Waals surface area contributed by atoms with Gasteiger partial charge in [-0.3, -0.25) is 0 Å². The second-order valence-corrected chi connectivity index (χ2v) is 4.97. The third kappa shape index (κ3) is 3.44. The molecule has 5 heteroatoms. The zero-order valence-electron chi connectivity index (χ0n) is 9.71. The smallest absolute Gasteiger partial charge is 0.141 e. The summed E-state index contributed by atoms with van der Waals surface area (Å²) in [5.41, 5.74) is 0.714. The van der Waals surface area contributed by atoms with Gasteiger partial charge in [0.25, 0.3) is 0 Å². The fourth-order valence-electron chi connectivity index (χ4n) is 1.75. The molecule has 2 aromatic carbocycles. The Morgan fingerprint density at radius 3 is 2.37 bits per heavy atom. The number of benzene rings is 2. The van der Waals surface area contributed by atoms with Gasteiger partial charge in [0, 0.05) is 11.4 Å². The first-order valence-electron chi connectivity index (χ1n) is 5.54. The highest BCUT2D eigenvalue weighted by molar-refractivity contribution is 6.31. The van der Waals surface area contributed by atoms with Crippen molar-refractivity contribution >= 4 is 23.2 Å². The van der Waals surface area contributed by atoms with Gasteiger partial charge in [-0.15, -0.1) is 0 Å². The summed E-state index contributed by atoms with van der Waals surface area (Å²) in [5, 5.41) is 10.3. The monoisotopic (exact) mass is 302 g/mol. The van der Waals surface area contributed by atoms with Crippen LogP contribution in [0.2, 0.25) is 10.0 Å². The SMILES string of the molecule is OC(Cc1cc(Cl)ccc1F)c1ccc(F)c(Cl)c1. The van der Waals surface area contributed by atoms with E-state index >= 15 is 0 Å². The van der Waals surface area contributed by atoms with Crippen LogP contribution >= 0.6 is 23.2 Å². The Morgan fingerprint density at radius 2 is 1.68 bits per heavy atom. The molecule has 0 aliphatic heterocycles. The van der Waals surface area contributed by atoms with E-state index in [1.165, 1.54) is 30.3 Å². The minimum Gasteiger partial charge on any atom is -0.388 e. The standard InChI is InChI=1S/C14H10Cl2F2O/c15-10-2-4-12(17)9(5-10)7-14(19)8-1-3-13(18)11(16)6-8/h1-6,14,19H,7H2. The molecule has 100 valence electrons. The Hall–Kier alpha value is -1.16. The summed E-state index contributed by atoms with van der Waals surface area (Å²) in [6.07, 6.45) is -0.944. The molecule has 0 aliphatic carbocycles. The molecule has 1 N–H and O–H groups in total. The minimum absolute atomic E-state index is 0.0361. The normalized spacial score (nSPS) is 12.5. The molecule has 0 heterocycles.